The number of hydrogen-bond donors (Lipinski definition) is 0. The lowest BCUT2D eigenvalue weighted by molar-refractivity contribution is -0.384. The van der Waals surface area contributed by atoms with E-state index < -0.39 is 10.5 Å². The first-order chi connectivity index (χ1) is 17.2. The summed E-state index contributed by atoms with van der Waals surface area (Å²) < 4.78 is 6.37. The Balaban J connectivity index is 1.70. The van der Waals surface area contributed by atoms with Crippen LogP contribution in [0.15, 0.2) is 71.7 Å². The third kappa shape index (κ3) is 3.90. The highest BCUT2D eigenvalue weighted by Gasteiger charge is 2.43. The lowest BCUT2D eigenvalue weighted by atomic mass is 9.86. The number of nitro benzene ring substituents is 1. The van der Waals surface area contributed by atoms with Crippen molar-refractivity contribution < 1.29 is 14.5 Å². The van der Waals surface area contributed by atoms with Gasteiger partial charge in [0.1, 0.15) is 16.1 Å². The van der Waals surface area contributed by atoms with Gasteiger partial charge in [-0.3, -0.25) is 19.8 Å². The number of hydrogen-bond acceptors (Lipinski definition) is 7. The molecule has 0 unspecified atom stereocenters. The fourth-order valence-corrected chi connectivity index (χ4v) is 7.43. The molecule has 7 nitrogen and oxygen atoms in total. The Labute approximate surface area is 215 Å². The Kier molecular flexibility index (Phi) is 5.97. The number of carbonyl (C=O) groups is 1. The van der Waals surface area contributed by atoms with Gasteiger partial charge in [-0.05, 0) is 56.7 Å². The Bertz CT molecular complexity index is 1570. The van der Waals surface area contributed by atoms with Crippen molar-refractivity contribution in [2.75, 3.05) is 12.0 Å². The molecule has 3 aromatic carbocycles. The topological polar surface area (TPSA) is 85.0 Å². The van der Waals surface area contributed by atoms with Crippen LogP contribution in [0.25, 0.3) is 11.1 Å². The molecule has 0 aliphatic carbocycles. The highest BCUT2D eigenvalue weighted by molar-refractivity contribution is 7.68. The number of benzene rings is 3. The van der Waals surface area contributed by atoms with Gasteiger partial charge in [-0.15, -0.1) is 0 Å². The third-order valence-corrected chi connectivity index (χ3v) is 8.89. The van der Waals surface area contributed by atoms with Gasteiger partial charge in [0.25, 0.3) is 11.6 Å². The van der Waals surface area contributed by atoms with E-state index in [9.17, 15) is 14.9 Å². The zero-order valence-corrected chi connectivity index (χ0v) is 21.8. The van der Waals surface area contributed by atoms with Crippen LogP contribution in [-0.4, -0.2) is 17.9 Å². The maximum Gasteiger partial charge on any atom is 0.269 e. The van der Waals surface area contributed by atoms with Gasteiger partial charge in [-0.1, -0.05) is 44.9 Å². The molecule has 9 heteroatoms. The van der Waals surface area contributed by atoms with E-state index in [4.69, 9.17) is 9.73 Å². The fourth-order valence-electron chi connectivity index (χ4n) is 4.47. The van der Waals surface area contributed by atoms with Gasteiger partial charge < -0.3 is 4.74 Å². The molecule has 0 atom stereocenters. The minimum atomic E-state index is -0.676. The number of anilines is 1. The molecule has 1 amide bonds. The summed E-state index contributed by atoms with van der Waals surface area (Å²) in [7, 11) is 4.81. The fraction of sp³-hybridized carbons (Fsp3) is 0.185. The van der Waals surface area contributed by atoms with Crippen molar-refractivity contribution in [3.8, 4) is 16.9 Å². The predicted molar refractivity (Wildman–Crippen MR) is 144 cm³/mol. The zero-order chi connectivity index (χ0) is 25.6. The molecule has 0 saturated carbocycles. The molecular formula is C27H23N3O4S2. The van der Waals surface area contributed by atoms with Crippen LogP contribution in [-0.2, 0) is 5.54 Å². The lowest BCUT2D eigenvalue weighted by Gasteiger charge is -2.43. The largest absolute Gasteiger partial charge is 0.494 e. The van der Waals surface area contributed by atoms with Gasteiger partial charge in [0.15, 0.2) is 0 Å². The van der Waals surface area contributed by atoms with E-state index in [0.29, 0.717) is 11.3 Å². The van der Waals surface area contributed by atoms with E-state index in [1.54, 1.807) is 32.7 Å². The Morgan fingerprint density at radius 1 is 1.06 bits per heavy atom. The Hall–Kier alpha value is -3.82. The minimum Gasteiger partial charge on any atom is -0.494 e. The van der Waals surface area contributed by atoms with Crippen LogP contribution < -0.4 is 14.3 Å². The molecule has 1 aliphatic heterocycles. The second kappa shape index (κ2) is 9.00. The van der Waals surface area contributed by atoms with Crippen LogP contribution in [0.1, 0.15) is 34.6 Å². The number of nitro groups is 1. The van der Waals surface area contributed by atoms with Crippen molar-refractivity contribution in [3.63, 3.8) is 0 Å². The van der Waals surface area contributed by atoms with Gasteiger partial charge in [0.2, 0.25) is 0 Å². The minimum absolute atomic E-state index is 0.0503. The summed E-state index contributed by atoms with van der Waals surface area (Å²) in [6, 6.07) is 19.5. The summed E-state index contributed by atoms with van der Waals surface area (Å²) in [6.45, 7) is 6.04. The molecular weight excluding hydrogens is 494 g/mol. The first-order valence-electron chi connectivity index (χ1n) is 11.2. The van der Waals surface area contributed by atoms with Gasteiger partial charge >= 0.3 is 0 Å². The zero-order valence-electron chi connectivity index (χ0n) is 20.1. The van der Waals surface area contributed by atoms with Crippen LogP contribution in [0.2, 0.25) is 0 Å². The van der Waals surface area contributed by atoms with Crippen molar-refractivity contribution in [2.24, 2.45) is 4.99 Å². The Morgan fingerprint density at radius 2 is 1.78 bits per heavy atom. The number of nitrogens with zero attached hydrogens (tertiary/aromatic N) is 3. The average Bonchev–Trinajstić information content (AvgIpc) is 3.29. The second-order valence-electron chi connectivity index (χ2n) is 8.98. The molecule has 0 fully saturated rings. The van der Waals surface area contributed by atoms with E-state index in [1.165, 1.54) is 24.3 Å². The van der Waals surface area contributed by atoms with Crippen molar-refractivity contribution in [2.45, 2.75) is 26.3 Å². The molecule has 4 aromatic rings. The molecule has 0 spiro atoms. The molecule has 1 aliphatic rings. The molecule has 5 rings (SSSR count). The number of fused-ring (bicyclic) bond motifs is 3. The van der Waals surface area contributed by atoms with Crippen LogP contribution >= 0.6 is 20.7 Å². The van der Waals surface area contributed by atoms with Gasteiger partial charge in [-0.2, -0.15) is 0 Å². The third-order valence-electron chi connectivity index (χ3n) is 6.26. The van der Waals surface area contributed by atoms with E-state index in [1.807, 2.05) is 63.2 Å². The number of aryl methyl sites for hydroxylation is 1. The van der Waals surface area contributed by atoms with E-state index in [2.05, 4.69) is 0 Å². The number of para-hydroxylation sites is 2. The molecule has 2 heterocycles. The monoisotopic (exact) mass is 517 g/mol. The smallest absolute Gasteiger partial charge is 0.269 e. The summed E-state index contributed by atoms with van der Waals surface area (Å²) in [5.74, 6) is 0.479. The van der Waals surface area contributed by atoms with Crippen molar-refractivity contribution in [3.05, 3.63) is 97.5 Å². The first-order valence-corrected chi connectivity index (χ1v) is 13.4. The SMILES string of the molecule is COc1ccccc1N=c1ssc2c1-c1ccc(C)cc1N(C(=O)c1ccc([N+](=O)[O-])cc1)C2(C)C. The molecule has 182 valence electrons. The number of methoxy groups -OCH3 is 1. The van der Waals surface area contributed by atoms with Gasteiger partial charge in [0, 0.05) is 28.8 Å². The quantitative estimate of drug-likeness (QED) is 0.169. The molecule has 36 heavy (non-hydrogen) atoms. The standard InChI is InChI=1S/C27H23N3O4S2/c1-16-9-14-19-21(15-16)29(26(31)17-10-12-18(13-11-17)30(32)33)27(2,3)24-23(19)25(36-35-24)28-20-7-5-6-8-22(20)34-4/h5-15H,1-4H3. The lowest BCUT2D eigenvalue weighted by Crippen LogP contribution is -2.48. The van der Waals surface area contributed by atoms with Gasteiger partial charge in [-0.25, -0.2) is 4.99 Å². The van der Waals surface area contributed by atoms with Crippen LogP contribution in [0, 0.1) is 17.0 Å². The highest BCUT2D eigenvalue weighted by atomic mass is 32.9. The van der Waals surface area contributed by atoms with Crippen molar-refractivity contribution >= 4 is 43.7 Å². The molecule has 1 aromatic heterocycles. The average molecular weight is 518 g/mol. The molecule has 0 bridgehead atoms. The molecule has 0 saturated heterocycles. The number of carbonyl (C=O) groups excluding carboxylic acids is 1. The second-order valence-corrected chi connectivity index (χ2v) is 11.1. The Morgan fingerprint density at radius 3 is 2.47 bits per heavy atom. The summed E-state index contributed by atoms with van der Waals surface area (Å²) in [4.78, 5) is 32.3. The van der Waals surface area contributed by atoms with Crippen LogP contribution in [0.4, 0.5) is 17.1 Å². The highest BCUT2D eigenvalue weighted by Crippen LogP contribution is 2.50. The van der Waals surface area contributed by atoms with Crippen LogP contribution in [0.3, 0.4) is 0 Å². The summed E-state index contributed by atoms with van der Waals surface area (Å²) >= 11 is 0. The van der Waals surface area contributed by atoms with Crippen LogP contribution in [0.5, 0.6) is 5.75 Å². The summed E-state index contributed by atoms with van der Waals surface area (Å²) in [6.07, 6.45) is 0. The first kappa shape index (κ1) is 23.9. The molecule has 0 N–H and O–H groups in total. The van der Waals surface area contributed by atoms with E-state index in [-0.39, 0.29) is 11.6 Å². The number of rotatable bonds is 4. The van der Waals surface area contributed by atoms with Gasteiger partial charge in [0.05, 0.1) is 28.1 Å². The molecule has 0 radical (unpaired) electrons. The maximum absolute atomic E-state index is 13.9. The van der Waals surface area contributed by atoms with Crippen molar-refractivity contribution in [1.29, 1.82) is 0 Å². The summed E-state index contributed by atoms with van der Waals surface area (Å²) in [5, 5.41) is 11.1. The number of amides is 1. The summed E-state index contributed by atoms with van der Waals surface area (Å²) in [5.41, 5.74) is 4.17. The van der Waals surface area contributed by atoms with E-state index in [0.717, 1.165) is 37.6 Å². The number of non-ortho nitro benzene ring substituents is 1. The van der Waals surface area contributed by atoms with E-state index >= 15 is 0 Å². The van der Waals surface area contributed by atoms with Crippen molar-refractivity contribution in [1.82, 2.24) is 0 Å². The maximum atomic E-state index is 13.9. The predicted octanol–water partition coefficient (Wildman–Crippen LogP) is 6.83. The number of ether oxygens (including phenoxy) is 1. The normalized spacial score (nSPS) is 14.2.